The molecule has 3 aromatic rings. The first-order valence-corrected chi connectivity index (χ1v) is 12.9. The van der Waals surface area contributed by atoms with E-state index in [-0.39, 0.29) is 33.9 Å². The number of amides is 2. The van der Waals surface area contributed by atoms with Gasteiger partial charge in [0.15, 0.2) is 0 Å². The van der Waals surface area contributed by atoms with Crippen molar-refractivity contribution in [3.63, 3.8) is 0 Å². The van der Waals surface area contributed by atoms with Crippen LogP contribution in [0.1, 0.15) is 28.9 Å². The predicted molar refractivity (Wildman–Crippen MR) is 138 cm³/mol. The standard InChI is InChI=1S/C25H26ClN3O5S/c1-17(18-9-5-4-6-10-18)27-25(31)20-11-7-8-12-22(20)28-24(30)16-29(35(3,32)33)19-13-14-23(34-2)21(26)15-19/h4-15,17H,16H2,1-3H3,(H,27,31)(H,28,30)/t17-/m1/s1. The summed E-state index contributed by atoms with van der Waals surface area (Å²) in [5.74, 6) is -0.629. The van der Waals surface area contributed by atoms with E-state index in [1.54, 1.807) is 24.3 Å². The van der Waals surface area contributed by atoms with Gasteiger partial charge in [-0.2, -0.15) is 0 Å². The number of sulfonamides is 1. The Bertz CT molecular complexity index is 1320. The number of rotatable bonds is 9. The van der Waals surface area contributed by atoms with E-state index in [4.69, 9.17) is 16.3 Å². The lowest BCUT2D eigenvalue weighted by atomic mass is 10.1. The van der Waals surface area contributed by atoms with E-state index in [1.165, 1.54) is 25.3 Å². The highest BCUT2D eigenvalue weighted by Crippen LogP contribution is 2.30. The van der Waals surface area contributed by atoms with Gasteiger partial charge in [-0.1, -0.05) is 54.1 Å². The second-order valence-electron chi connectivity index (χ2n) is 7.79. The number of ether oxygens (including phenoxy) is 1. The highest BCUT2D eigenvalue weighted by Gasteiger charge is 2.23. The van der Waals surface area contributed by atoms with Crippen molar-refractivity contribution in [3.05, 3.63) is 88.9 Å². The maximum Gasteiger partial charge on any atom is 0.253 e. The lowest BCUT2D eigenvalue weighted by Gasteiger charge is -2.23. The van der Waals surface area contributed by atoms with Crippen LogP contribution in [0.15, 0.2) is 72.8 Å². The van der Waals surface area contributed by atoms with Gasteiger partial charge in [0.05, 0.1) is 41.4 Å². The fourth-order valence-corrected chi connectivity index (χ4v) is 4.52. The van der Waals surface area contributed by atoms with Gasteiger partial charge >= 0.3 is 0 Å². The number of para-hydroxylation sites is 1. The second kappa shape index (κ2) is 11.2. The molecule has 0 aliphatic rings. The number of hydrogen-bond donors (Lipinski definition) is 2. The van der Waals surface area contributed by atoms with E-state index in [0.29, 0.717) is 5.75 Å². The maximum absolute atomic E-state index is 12.9. The van der Waals surface area contributed by atoms with Crippen LogP contribution in [0.25, 0.3) is 0 Å². The van der Waals surface area contributed by atoms with Crippen LogP contribution in [0.2, 0.25) is 5.02 Å². The first-order chi connectivity index (χ1) is 16.6. The van der Waals surface area contributed by atoms with Crippen LogP contribution < -0.4 is 19.7 Å². The average Bonchev–Trinajstić information content (AvgIpc) is 2.82. The number of halogens is 1. The van der Waals surface area contributed by atoms with Gasteiger partial charge < -0.3 is 15.4 Å². The van der Waals surface area contributed by atoms with Crippen molar-refractivity contribution in [3.8, 4) is 5.75 Å². The Labute approximate surface area is 209 Å². The molecule has 2 amide bonds. The van der Waals surface area contributed by atoms with E-state index in [1.807, 2.05) is 37.3 Å². The molecular weight excluding hydrogens is 490 g/mol. The van der Waals surface area contributed by atoms with E-state index in [2.05, 4.69) is 10.6 Å². The van der Waals surface area contributed by atoms with Crippen molar-refractivity contribution >= 4 is 44.8 Å². The first-order valence-electron chi connectivity index (χ1n) is 10.7. The molecule has 0 bridgehead atoms. The van der Waals surface area contributed by atoms with Crippen molar-refractivity contribution in [2.24, 2.45) is 0 Å². The molecule has 184 valence electrons. The minimum Gasteiger partial charge on any atom is -0.495 e. The van der Waals surface area contributed by atoms with E-state index in [9.17, 15) is 18.0 Å². The van der Waals surface area contributed by atoms with Crippen LogP contribution in [0.4, 0.5) is 11.4 Å². The van der Waals surface area contributed by atoms with Crippen LogP contribution in [0, 0.1) is 0 Å². The molecule has 0 unspecified atom stereocenters. The zero-order chi connectivity index (χ0) is 25.6. The van der Waals surface area contributed by atoms with Crippen molar-refractivity contribution in [1.82, 2.24) is 5.32 Å². The van der Waals surface area contributed by atoms with Gasteiger partial charge in [-0.15, -0.1) is 0 Å². The third-order valence-electron chi connectivity index (χ3n) is 5.20. The summed E-state index contributed by atoms with van der Waals surface area (Å²) in [6.45, 7) is 1.34. The summed E-state index contributed by atoms with van der Waals surface area (Å²) in [5.41, 5.74) is 1.65. The third-order valence-corrected chi connectivity index (χ3v) is 6.64. The SMILES string of the molecule is COc1ccc(N(CC(=O)Nc2ccccc2C(=O)N[C@H](C)c2ccccc2)S(C)(=O)=O)cc1Cl. The zero-order valence-corrected chi connectivity index (χ0v) is 21.1. The van der Waals surface area contributed by atoms with Crippen molar-refractivity contribution in [2.75, 3.05) is 29.5 Å². The molecule has 0 heterocycles. The molecule has 8 nitrogen and oxygen atoms in total. The van der Waals surface area contributed by atoms with Gasteiger partial charge in [-0.05, 0) is 42.8 Å². The van der Waals surface area contributed by atoms with Gasteiger partial charge in [-0.3, -0.25) is 13.9 Å². The van der Waals surface area contributed by atoms with Gasteiger partial charge in [0.25, 0.3) is 5.91 Å². The van der Waals surface area contributed by atoms with E-state index < -0.39 is 22.5 Å². The molecule has 0 aliphatic heterocycles. The Kier molecular flexibility index (Phi) is 8.37. The Hall–Kier alpha value is -3.56. The van der Waals surface area contributed by atoms with Crippen molar-refractivity contribution in [1.29, 1.82) is 0 Å². The second-order valence-corrected chi connectivity index (χ2v) is 10.1. The fraction of sp³-hybridized carbons (Fsp3) is 0.200. The summed E-state index contributed by atoms with van der Waals surface area (Å²) in [7, 11) is -2.38. The van der Waals surface area contributed by atoms with Crippen LogP contribution in [-0.4, -0.2) is 40.1 Å². The molecule has 0 fully saturated rings. The molecule has 0 spiro atoms. The number of anilines is 2. The number of hydrogen-bond acceptors (Lipinski definition) is 5. The summed E-state index contributed by atoms with van der Waals surface area (Å²) in [5, 5.41) is 5.76. The van der Waals surface area contributed by atoms with E-state index in [0.717, 1.165) is 16.1 Å². The van der Waals surface area contributed by atoms with Crippen LogP contribution in [0.3, 0.4) is 0 Å². The molecule has 0 aliphatic carbocycles. The molecule has 1 atom stereocenters. The molecule has 35 heavy (non-hydrogen) atoms. The minimum atomic E-state index is -3.82. The molecule has 0 radical (unpaired) electrons. The summed E-state index contributed by atoms with van der Waals surface area (Å²) < 4.78 is 30.9. The van der Waals surface area contributed by atoms with E-state index >= 15 is 0 Å². The summed E-state index contributed by atoms with van der Waals surface area (Å²) >= 11 is 6.14. The lowest BCUT2D eigenvalue weighted by molar-refractivity contribution is -0.114. The van der Waals surface area contributed by atoms with Crippen LogP contribution in [0.5, 0.6) is 5.75 Å². The van der Waals surface area contributed by atoms with Crippen LogP contribution >= 0.6 is 11.6 Å². The van der Waals surface area contributed by atoms with Gasteiger partial charge in [0.1, 0.15) is 12.3 Å². The molecule has 3 rings (SSSR count). The summed E-state index contributed by atoms with van der Waals surface area (Å²) in [6.07, 6.45) is 0.991. The molecule has 0 saturated heterocycles. The number of methoxy groups -OCH3 is 1. The number of carbonyl (C=O) groups excluding carboxylic acids is 2. The molecule has 2 N–H and O–H groups in total. The Morgan fingerprint density at radius 2 is 1.69 bits per heavy atom. The topological polar surface area (TPSA) is 105 Å². The predicted octanol–water partition coefficient (Wildman–Crippen LogP) is 4.24. The smallest absolute Gasteiger partial charge is 0.253 e. The Morgan fingerprint density at radius 3 is 2.31 bits per heavy atom. The normalized spacial score (nSPS) is 11.9. The lowest BCUT2D eigenvalue weighted by Crippen LogP contribution is -2.37. The summed E-state index contributed by atoms with van der Waals surface area (Å²) in [4.78, 5) is 25.8. The Balaban J connectivity index is 1.78. The van der Waals surface area contributed by atoms with Gasteiger partial charge in [0, 0.05) is 0 Å². The van der Waals surface area contributed by atoms with Crippen LogP contribution in [-0.2, 0) is 14.8 Å². The molecular formula is C25H26ClN3O5S. The van der Waals surface area contributed by atoms with Gasteiger partial charge in [0.2, 0.25) is 15.9 Å². The number of benzene rings is 3. The van der Waals surface area contributed by atoms with Crippen molar-refractivity contribution < 1.29 is 22.7 Å². The number of carbonyl (C=O) groups is 2. The number of nitrogens with zero attached hydrogens (tertiary/aromatic N) is 1. The summed E-state index contributed by atoms with van der Waals surface area (Å²) in [6, 6.07) is 20.1. The first kappa shape index (κ1) is 26.1. The highest BCUT2D eigenvalue weighted by atomic mass is 35.5. The quantitative estimate of drug-likeness (QED) is 0.443. The monoisotopic (exact) mass is 515 g/mol. The van der Waals surface area contributed by atoms with Gasteiger partial charge in [-0.25, -0.2) is 8.42 Å². The maximum atomic E-state index is 12.9. The number of nitrogens with one attached hydrogen (secondary N) is 2. The average molecular weight is 516 g/mol. The van der Waals surface area contributed by atoms with Crippen molar-refractivity contribution in [2.45, 2.75) is 13.0 Å². The minimum absolute atomic E-state index is 0.202. The largest absolute Gasteiger partial charge is 0.495 e. The molecule has 0 saturated carbocycles. The molecule has 10 heteroatoms. The molecule has 3 aromatic carbocycles. The third kappa shape index (κ3) is 6.74. The Morgan fingerprint density at radius 1 is 1.03 bits per heavy atom. The molecule has 0 aromatic heterocycles. The zero-order valence-electron chi connectivity index (χ0n) is 19.5. The highest BCUT2D eigenvalue weighted by molar-refractivity contribution is 7.92. The fourth-order valence-electron chi connectivity index (χ4n) is 3.42.